The Hall–Kier alpha value is -2.04. The van der Waals surface area contributed by atoms with Crippen LogP contribution in [0.5, 0.6) is 0 Å². The average Bonchev–Trinajstić information content (AvgIpc) is 2.76. The molecular weight excluding hydrogens is 208 g/mol. The maximum Gasteiger partial charge on any atom is 0.326 e. The van der Waals surface area contributed by atoms with Gasteiger partial charge in [0.25, 0.3) is 5.91 Å². The van der Waals surface area contributed by atoms with Gasteiger partial charge in [0.2, 0.25) is 0 Å². The van der Waals surface area contributed by atoms with Gasteiger partial charge in [-0.1, -0.05) is 0 Å². The molecule has 0 aromatic carbocycles. The van der Waals surface area contributed by atoms with Gasteiger partial charge in [-0.05, 0) is 18.2 Å². The zero-order chi connectivity index (χ0) is 11.7. The average molecular weight is 220 g/mol. The smallest absolute Gasteiger partial charge is 0.326 e. The van der Waals surface area contributed by atoms with E-state index in [-0.39, 0.29) is 11.9 Å². The van der Waals surface area contributed by atoms with Crippen LogP contribution in [0, 0.1) is 0 Å². The second kappa shape index (κ2) is 3.84. The van der Waals surface area contributed by atoms with E-state index in [4.69, 9.17) is 4.42 Å². The number of hydrogen-bond donors (Lipinski definition) is 0. The third-order valence-corrected chi connectivity index (χ3v) is 2.46. The summed E-state index contributed by atoms with van der Waals surface area (Å²) < 4.78 is 5.13. The van der Waals surface area contributed by atoms with Crippen molar-refractivity contribution in [1.82, 2.24) is 9.80 Å². The lowest BCUT2D eigenvalue weighted by Gasteiger charge is -2.30. The van der Waals surface area contributed by atoms with Gasteiger partial charge in [-0.2, -0.15) is 0 Å². The van der Waals surface area contributed by atoms with Crippen LogP contribution in [0.1, 0.15) is 5.76 Å². The fourth-order valence-electron chi connectivity index (χ4n) is 1.60. The van der Waals surface area contributed by atoms with Gasteiger partial charge in [-0.25, -0.2) is 4.79 Å². The molecule has 16 heavy (non-hydrogen) atoms. The quantitative estimate of drug-likeness (QED) is 0.668. The van der Waals surface area contributed by atoms with Gasteiger partial charge in [0.1, 0.15) is 5.76 Å². The molecule has 84 valence electrons. The summed E-state index contributed by atoms with van der Waals surface area (Å²) in [5.41, 5.74) is 0.541. The van der Waals surface area contributed by atoms with Crippen molar-refractivity contribution in [2.75, 3.05) is 20.6 Å². The fourth-order valence-corrected chi connectivity index (χ4v) is 1.60. The van der Waals surface area contributed by atoms with Crippen LogP contribution in [0.15, 0.2) is 28.4 Å². The first-order valence-electron chi connectivity index (χ1n) is 4.87. The fraction of sp³-hybridized carbons (Fsp3) is 0.273. The van der Waals surface area contributed by atoms with Crippen LogP contribution in [0.2, 0.25) is 0 Å². The highest BCUT2D eigenvalue weighted by molar-refractivity contribution is 6.08. The van der Waals surface area contributed by atoms with Crippen LogP contribution >= 0.6 is 0 Å². The molecule has 2 rings (SSSR count). The minimum atomic E-state index is -0.290. The van der Waals surface area contributed by atoms with Gasteiger partial charge in [0.05, 0.1) is 12.8 Å². The number of carbonyl (C=O) groups is 2. The second-order valence-corrected chi connectivity index (χ2v) is 3.69. The van der Waals surface area contributed by atoms with Crippen molar-refractivity contribution in [3.05, 3.63) is 29.7 Å². The van der Waals surface area contributed by atoms with Crippen molar-refractivity contribution in [3.8, 4) is 0 Å². The number of hydrogen-bond acceptors (Lipinski definition) is 3. The maximum absolute atomic E-state index is 11.8. The van der Waals surface area contributed by atoms with Crippen molar-refractivity contribution < 1.29 is 14.0 Å². The highest BCUT2D eigenvalue weighted by Gasteiger charge is 2.30. The number of amides is 3. The van der Waals surface area contributed by atoms with Crippen molar-refractivity contribution in [1.29, 1.82) is 0 Å². The molecule has 5 nitrogen and oxygen atoms in total. The number of carbonyl (C=O) groups excluding carboxylic acids is 2. The van der Waals surface area contributed by atoms with E-state index in [1.54, 1.807) is 25.3 Å². The molecule has 1 fully saturated rings. The third kappa shape index (κ3) is 1.71. The molecule has 0 spiro atoms. The highest BCUT2D eigenvalue weighted by atomic mass is 16.3. The molecule has 1 aromatic heterocycles. The molecule has 0 N–H and O–H groups in total. The molecule has 0 radical (unpaired) electrons. The normalized spacial score (nSPS) is 19.8. The lowest BCUT2D eigenvalue weighted by Crippen LogP contribution is -2.49. The van der Waals surface area contributed by atoms with E-state index >= 15 is 0 Å². The number of urea groups is 1. The van der Waals surface area contributed by atoms with Gasteiger partial charge >= 0.3 is 6.03 Å². The van der Waals surface area contributed by atoms with Crippen LogP contribution in [-0.2, 0) is 4.79 Å². The Bertz CT molecular complexity index is 448. The van der Waals surface area contributed by atoms with E-state index in [0.29, 0.717) is 17.9 Å². The maximum atomic E-state index is 11.8. The second-order valence-electron chi connectivity index (χ2n) is 3.69. The van der Waals surface area contributed by atoms with Gasteiger partial charge in [0.15, 0.2) is 0 Å². The van der Waals surface area contributed by atoms with Crippen molar-refractivity contribution in [2.24, 2.45) is 0 Å². The van der Waals surface area contributed by atoms with Crippen LogP contribution in [0.4, 0.5) is 4.79 Å². The lowest BCUT2D eigenvalue weighted by atomic mass is 10.1. The molecule has 1 aliphatic heterocycles. The largest absolute Gasteiger partial charge is 0.465 e. The minimum absolute atomic E-state index is 0.278. The lowest BCUT2D eigenvalue weighted by molar-refractivity contribution is -0.125. The van der Waals surface area contributed by atoms with E-state index < -0.39 is 0 Å². The Morgan fingerprint density at radius 3 is 2.75 bits per heavy atom. The standard InChI is InChI=1S/C11H12N2O3/c1-12-7-8(6-9-4-3-5-16-9)10(14)13(2)11(12)15/h3-6H,7H2,1-2H3/b8-6-. The summed E-state index contributed by atoms with van der Waals surface area (Å²) in [4.78, 5) is 25.8. The first-order valence-corrected chi connectivity index (χ1v) is 4.87. The Balaban J connectivity index is 2.29. The number of furan rings is 1. The Kier molecular flexibility index (Phi) is 2.52. The van der Waals surface area contributed by atoms with E-state index in [1.807, 2.05) is 0 Å². The van der Waals surface area contributed by atoms with Crippen molar-refractivity contribution in [3.63, 3.8) is 0 Å². The topological polar surface area (TPSA) is 53.8 Å². The molecule has 0 bridgehead atoms. The van der Waals surface area contributed by atoms with Gasteiger partial charge in [-0.15, -0.1) is 0 Å². The molecule has 5 heteroatoms. The number of nitrogens with zero attached hydrogens (tertiary/aromatic N) is 2. The zero-order valence-electron chi connectivity index (χ0n) is 9.14. The summed E-state index contributed by atoms with van der Waals surface area (Å²) in [5, 5.41) is 0. The van der Waals surface area contributed by atoms with Gasteiger partial charge in [-0.3, -0.25) is 9.69 Å². The van der Waals surface area contributed by atoms with E-state index in [2.05, 4.69) is 0 Å². The van der Waals surface area contributed by atoms with Crippen LogP contribution in [0.3, 0.4) is 0 Å². The molecule has 0 atom stereocenters. The molecule has 0 aliphatic carbocycles. The Labute approximate surface area is 92.9 Å². The monoisotopic (exact) mass is 220 g/mol. The molecular formula is C11H12N2O3. The summed E-state index contributed by atoms with van der Waals surface area (Å²) in [5.74, 6) is 0.332. The van der Waals surface area contributed by atoms with E-state index in [9.17, 15) is 9.59 Å². The number of imide groups is 1. The first-order chi connectivity index (χ1) is 7.59. The first kappa shape index (κ1) is 10.5. The zero-order valence-corrected chi connectivity index (χ0v) is 9.14. The number of likely N-dealkylation sites (N-methyl/N-ethyl adjacent to an activating group) is 2. The van der Waals surface area contributed by atoms with E-state index in [1.165, 1.54) is 18.2 Å². The number of rotatable bonds is 1. The van der Waals surface area contributed by atoms with Crippen LogP contribution < -0.4 is 0 Å². The molecule has 1 saturated heterocycles. The SMILES string of the molecule is CN1C/C(=C/c2ccco2)C(=O)N(C)C1=O. The predicted octanol–water partition coefficient (Wildman–Crippen LogP) is 1.19. The summed E-state index contributed by atoms with van der Waals surface area (Å²) in [6.45, 7) is 0.308. The minimum Gasteiger partial charge on any atom is -0.465 e. The van der Waals surface area contributed by atoms with Crippen LogP contribution in [-0.4, -0.2) is 42.4 Å². The summed E-state index contributed by atoms with van der Waals surface area (Å²) >= 11 is 0. The van der Waals surface area contributed by atoms with Crippen molar-refractivity contribution >= 4 is 18.0 Å². The third-order valence-electron chi connectivity index (χ3n) is 2.46. The molecule has 2 heterocycles. The summed E-state index contributed by atoms with van der Waals surface area (Å²) in [7, 11) is 3.12. The summed E-state index contributed by atoms with van der Waals surface area (Å²) in [6.07, 6.45) is 3.19. The predicted molar refractivity (Wildman–Crippen MR) is 57.5 cm³/mol. The van der Waals surface area contributed by atoms with Crippen LogP contribution in [0.25, 0.3) is 6.08 Å². The molecule has 0 saturated carbocycles. The molecule has 1 aromatic rings. The van der Waals surface area contributed by atoms with E-state index in [0.717, 1.165) is 4.90 Å². The van der Waals surface area contributed by atoms with Gasteiger partial charge in [0, 0.05) is 19.7 Å². The highest BCUT2D eigenvalue weighted by Crippen LogP contribution is 2.16. The van der Waals surface area contributed by atoms with Crippen molar-refractivity contribution in [2.45, 2.75) is 0 Å². The molecule has 0 unspecified atom stereocenters. The molecule has 3 amide bonds. The summed E-state index contributed by atoms with van der Waals surface area (Å²) in [6, 6.07) is 3.22. The Morgan fingerprint density at radius 1 is 1.38 bits per heavy atom. The molecule has 1 aliphatic rings. The Morgan fingerprint density at radius 2 is 2.12 bits per heavy atom. The van der Waals surface area contributed by atoms with Gasteiger partial charge < -0.3 is 9.32 Å².